The van der Waals surface area contributed by atoms with Crippen molar-refractivity contribution in [3.63, 3.8) is 0 Å². The van der Waals surface area contributed by atoms with Crippen LogP contribution in [0.15, 0.2) is 0 Å². The summed E-state index contributed by atoms with van der Waals surface area (Å²) in [6, 6.07) is 0. The van der Waals surface area contributed by atoms with Gasteiger partial charge in [-0.05, 0) is 0 Å². The molecule has 64 valence electrons. The molecule has 1 rings (SSSR count). The van der Waals surface area contributed by atoms with Crippen LogP contribution in [0.25, 0.3) is 0 Å². The third kappa shape index (κ3) is 1.68. The molecule has 11 heavy (non-hydrogen) atoms. The monoisotopic (exact) mass is 161 g/mol. The molecule has 0 aromatic rings. The first kappa shape index (κ1) is 8.45. The lowest BCUT2D eigenvalue weighted by Crippen LogP contribution is -2.52. The molecular weight excluding hydrogens is 150 g/mol. The minimum absolute atomic E-state index is 0.216. The predicted molar refractivity (Wildman–Crippen MR) is 36.0 cm³/mol. The highest BCUT2D eigenvalue weighted by Gasteiger charge is 2.34. The molecule has 0 bridgehead atoms. The molecule has 1 aliphatic rings. The number of piperidine rings is 1. The maximum Gasteiger partial charge on any atom is 0.310 e. The fourth-order valence-corrected chi connectivity index (χ4v) is 1.13. The topological polar surface area (TPSA) is 89.8 Å². The van der Waals surface area contributed by atoms with Gasteiger partial charge in [0.1, 0.15) is 0 Å². The van der Waals surface area contributed by atoms with E-state index in [0.717, 1.165) is 0 Å². The molecule has 1 heterocycles. The average molecular weight is 161 g/mol. The highest BCUT2D eigenvalue weighted by atomic mass is 16.4. The largest absolute Gasteiger partial charge is 0.481 e. The van der Waals surface area contributed by atoms with Crippen molar-refractivity contribution in [3.8, 4) is 0 Å². The summed E-state index contributed by atoms with van der Waals surface area (Å²) in [5, 5.41) is 29.4. The number of aliphatic carboxylic acids is 1. The van der Waals surface area contributed by atoms with E-state index in [1.807, 2.05) is 0 Å². The van der Waals surface area contributed by atoms with Gasteiger partial charge >= 0.3 is 5.97 Å². The molecule has 0 saturated carbocycles. The number of carbonyl (C=O) groups is 1. The SMILES string of the molecule is O=C(O)C1CNCC(O)C1O. The fraction of sp³-hybridized carbons (Fsp3) is 0.833. The Kier molecular flexibility index (Phi) is 2.43. The van der Waals surface area contributed by atoms with E-state index < -0.39 is 24.1 Å². The summed E-state index contributed by atoms with van der Waals surface area (Å²) in [5.74, 6) is -1.97. The van der Waals surface area contributed by atoms with Gasteiger partial charge in [-0.15, -0.1) is 0 Å². The molecule has 0 spiro atoms. The molecule has 0 radical (unpaired) electrons. The van der Waals surface area contributed by atoms with Gasteiger partial charge in [0.15, 0.2) is 0 Å². The Hall–Kier alpha value is -0.650. The van der Waals surface area contributed by atoms with E-state index in [9.17, 15) is 4.79 Å². The number of β-amino-alcohol motifs (C(OH)–C–C–N with tert-alkyl or cyclic N) is 1. The summed E-state index contributed by atoms with van der Waals surface area (Å²) in [7, 11) is 0. The van der Waals surface area contributed by atoms with Gasteiger partial charge in [0.2, 0.25) is 0 Å². The van der Waals surface area contributed by atoms with Gasteiger partial charge in [0, 0.05) is 13.1 Å². The first-order chi connectivity index (χ1) is 5.13. The summed E-state index contributed by atoms with van der Waals surface area (Å²) in [4.78, 5) is 10.4. The van der Waals surface area contributed by atoms with E-state index >= 15 is 0 Å². The highest BCUT2D eigenvalue weighted by molar-refractivity contribution is 5.71. The van der Waals surface area contributed by atoms with E-state index in [0.29, 0.717) is 0 Å². The highest BCUT2D eigenvalue weighted by Crippen LogP contribution is 2.11. The van der Waals surface area contributed by atoms with Gasteiger partial charge in [0.05, 0.1) is 18.1 Å². The van der Waals surface area contributed by atoms with Crippen molar-refractivity contribution >= 4 is 5.97 Å². The minimum atomic E-state index is -1.14. The summed E-state index contributed by atoms with van der Waals surface area (Å²) < 4.78 is 0. The Morgan fingerprint density at radius 3 is 2.45 bits per heavy atom. The Morgan fingerprint density at radius 2 is 2.00 bits per heavy atom. The Labute approximate surface area is 63.7 Å². The molecular formula is C6H11NO4. The third-order valence-corrected chi connectivity index (χ3v) is 1.84. The van der Waals surface area contributed by atoms with Crippen molar-refractivity contribution in [3.05, 3.63) is 0 Å². The van der Waals surface area contributed by atoms with Crippen molar-refractivity contribution in [1.29, 1.82) is 0 Å². The quantitative estimate of drug-likeness (QED) is 0.357. The minimum Gasteiger partial charge on any atom is -0.481 e. The summed E-state index contributed by atoms with van der Waals surface area (Å²) in [6.07, 6.45) is -2.11. The van der Waals surface area contributed by atoms with Crippen LogP contribution in [0.1, 0.15) is 0 Å². The number of nitrogens with one attached hydrogen (secondary N) is 1. The van der Waals surface area contributed by atoms with E-state index in [-0.39, 0.29) is 13.1 Å². The van der Waals surface area contributed by atoms with Crippen LogP contribution in [0.2, 0.25) is 0 Å². The van der Waals surface area contributed by atoms with Crippen LogP contribution >= 0.6 is 0 Å². The van der Waals surface area contributed by atoms with Gasteiger partial charge in [0.25, 0.3) is 0 Å². The van der Waals surface area contributed by atoms with Gasteiger partial charge in [-0.1, -0.05) is 0 Å². The number of hydrogen-bond donors (Lipinski definition) is 4. The number of carboxylic acids is 1. The molecule has 1 aliphatic heterocycles. The fourth-order valence-electron chi connectivity index (χ4n) is 1.13. The second-order valence-electron chi connectivity index (χ2n) is 2.66. The van der Waals surface area contributed by atoms with Crippen molar-refractivity contribution in [2.75, 3.05) is 13.1 Å². The van der Waals surface area contributed by atoms with E-state index in [2.05, 4.69) is 5.32 Å². The molecule has 0 aliphatic carbocycles. The van der Waals surface area contributed by atoms with Crippen molar-refractivity contribution in [1.82, 2.24) is 5.32 Å². The number of carboxylic acid groups (broad SMARTS) is 1. The van der Waals surface area contributed by atoms with Gasteiger partial charge in [-0.25, -0.2) is 0 Å². The van der Waals surface area contributed by atoms with E-state index in [4.69, 9.17) is 15.3 Å². The Balaban J connectivity index is 2.58. The number of hydrogen-bond acceptors (Lipinski definition) is 4. The molecule has 4 N–H and O–H groups in total. The molecule has 0 aromatic carbocycles. The lowest BCUT2D eigenvalue weighted by molar-refractivity contribution is -0.150. The van der Waals surface area contributed by atoms with Crippen LogP contribution in [-0.2, 0) is 4.79 Å². The zero-order chi connectivity index (χ0) is 8.43. The first-order valence-electron chi connectivity index (χ1n) is 3.42. The van der Waals surface area contributed by atoms with Gasteiger partial charge in [-0.3, -0.25) is 4.79 Å². The van der Waals surface area contributed by atoms with E-state index in [1.54, 1.807) is 0 Å². The van der Waals surface area contributed by atoms with Crippen molar-refractivity contribution in [2.24, 2.45) is 5.92 Å². The second kappa shape index (κ2) is 3.17. The van der Waals surface area contributed by atoms with Gasteiger partial charge in [-0.2, -0.15) is 0 Å². The van der Waals surface area contributed by atoms with Gasteiger partial charge < -0.3 is 20.6 Å². The lowest BCUT2D eigenvalue weighted by Gasteiger charge is -2.29. The third-order valence-electron chi connectivity index (χ3n) is 1.84. The number of rotatable bonds is 1. The van der Waals surface area contributed by atoms with Crippen LogP contribution in [0.5, 0.6) is 0 Å². The molecule has 5 nitrogen and oxygen atoms in total. The molecule has 3 atom stereocenters. The molecule has 1 saturated heterocycles. The zero-order valence-corrected chi connectivity index (χ0v) is 5.90. The zero-order valence-electron chi connectivity index (χ0n) is 5.90. The summed E-state index contributed by atoms with van der Waals surface area (Å²) in [5.41, 5.74) is 0. The number of aliphatic hydroxyl groups excluding tert-OH is 2. The summed E-state index contributed by atoms with van der Waals surface area (Å²) >= 11 is 0. The first-order valence-corrected chi connectivity index (χ1v) is 3.42. The second-order valence-corrected chi connectivity index (χ2v) is 2.66. The predicted octanol–water partition coefficient (Wildman–Crippen LogP) is -1.99. The molecule has 0 amide bonds. The van der Waals surface area contributed by atoms with Crippen LogP contribution in [0.4, 0.5) is 0 Å². The maximum absolute atomic E-state index is 10.4. The normalized spacial score (nSPS) is 38.5. The van der Waals surface area contributed by atoms with Crippen LogP contribution < -0.4 is 5.32 Å². The summed E-state index contributed by atoms with van der Waals surface area (Å²) in [6.45, 7) is 0.471. The van der Waals surface area contributed by atoms with Crippen LogP contribution in [-0.4, -0.2) is 46.6 Å². The van der Waals surface area contributed by atoms with Crippen LogP contribution in [0.3, 0.4) is 0 Å². The van der Waals surface area contributed by atoms with Crippen molar-refractivity contribution < 1.29 is 20.1 Å². The van der Waals surface area contributed by atoms with Crippen LogP contribution in [0, 0.1) is 5.92 Å². The smallest absolute Gasteiger partial charge is 0.310 e. The average Bonchev–Trinajstić information content (AvgIpc) is 1.94. The Morgan fingerprint density at radius 1 is 1.36 bits per heavy atom. The molecule has 1 fully saturated rings. The molecule has 5 heteroatoms. The standard InChI is InChI=1S/C6H11NO4/c8-4-2-7-1-3(5(4)9)6(10)11/h3-5,7-9H,1-2H2,(H,10,11). The lowest BCUT2D eigenvalue weighted by atomic mass is 9.94. The van der Waals surface area contributed by atoms with Crippen molar-refractivity contribution in [2.45, 2.75) is 12.2 Å². The molecule has 0 aromatic heterocycles. The Bertz CT molecular complexity index is 161. The maximum atomic E-state index is 10.4. The molecule has 3 unspecified atom stereocenters. The number of aliphatic hydroxyl groups is 2. The van der Waals surface area contributed by atoms with E-state index in [1.165, 1.54) is 0 Å².